The summed E-state index contributed by atoms with van der Waals surface area (Å²) >= 11 is 1.61. The van der Waals surface area contributed by atoms with Crippen LogP contribution in [0, 0.1) is 0 Å². The minimum absolute atomic E-state index is 0.478. The molecule has 1 aliphatic carbocycles. The molecule has 0 aromatic heterocycles. The monoisotopic (exact) mass is 356 g/mol. The Morgan fingerprint density at radius 3 is 2.40 bits per heavy atom. The first kappa shape index (κ1) is 15.8. The zero-order valence-corrected chi connectivity index (χ0v) is 13.6. The topological polar surface area (TPSA) is 25.2 Å². The van der Waals surface area contributed by atoms with Gasteiger partial charge in [-0.1, -0.05) is 12.1 Å². The molecule has 1 aliphatic heterocycles. The number of rotatable bonds is 1. The van der Waals surface area contributed by atoms with E-state index >= 15 is 0 Å². The van der Waals surface area contributed by atoms with E-state index in [1.165, 1.54) is 12.1 Å². The van der Waals surface area contributed by atoms with Crippen LogP contribution >= 0.6 is 11.3 Å². The van der Waals surface area contributed by atoms with E-state index in [4.69, 9.17) is 0 Å². The van der Waals surface area contributed by atoms with Crippen LogP contribution in [-0.4, -0.2) is 4.98 Å². The number of para-hydroxylation sites is 1. The van der Waals surface area contributed by atoms with Gasteiger partial charge in [-0.05, 0) is 54.6 Å². The van der Waals surface area contributed by atoms with Gasteiger partial charge in [0, 0.05) is 0 Å². The van der Waals surface area contributed by atoms with Gasteiger partial charge < -0.3 is 0 Å². The van der Waals surface area contributed by atoms with E-state index in [2.05, 4.69) is 9.98 Å². The molecule has 0 fully saturated rings. The van der Waals surface area contributed by atoms with Crippen LogP contribution in [-0.2, 0) is 6.18 Å². The fourth-order valence-electron chi connectivity index (χ4n) is 2.50. The van der Waals surface area contributed by atoms with Gasteiger partial charge >= 0.3 is 6.18 Å². The number of hydrogen-bond donors (Lipinski definition) is 0. The molecule has 2 nitrogen and oxygen atoms in total. The number of alkyl halides is 3. The highest BCUT2D eigenvalue weighted by atomic mass is 32.1. The maximum atomic E-state index is 12.6. The number of benzene rings is 3. The summed E-state index contributed by atoms with van der Waals surface area (Å²) in [6, 6.07) is 18.3. The number of halogens is 3. The lowest BCUT2D eigenvalue weighted by molar-refractivity contribution is -0.137. The third-order valence-corrected chi connectivity index (χ3v) is 4.83. The van der Waals surface area contributed by atoms with Gasteiger partial charge in [0.05, 0.1) is 37.4 Å². The second-order valence-corrected chi connectivity index (χ2v) is 6.57. The minimum atomic E-state index is -4.34. The normalized spacial score (nSPS) is 12.8. The zero-order valence-electron chi connectivity index (χ0n) is 12.8. The van der Waals surface area contributed by atoms with Gasteiger partial charge in [0.2, 0.25) is 0 Å². The van der Waals surface area contributed by atoms with E-state index in [9.17, 15) is 13.2 Å². The van der Waals surface area contributed by atoms with Gasteiger partial charge in [-0.25, -0.2) is 9.98 Å². The van der Waals surface area contributed by atoms with Crippen LogP contribution in [0.4, 0.5) is 18.9 Å². The van der Waals surface area contributed by atoms with Crippen LogP contribution < -0.4 is 5.36 Å². The molecule has 0 unspecified atom stereocenters. The first-order chi connectivity index (χ1) is 12.0. The van der Waals surface area contributed by atoms with E-state index in [-0.39, 0.29) is 0 Å². The van der Waals surface area contributed by atoms with Crippen molar-refractivity contribution < 1.29 is 13.2 Å². The second kappa shape index (κ2) is 5.97. The van der Waals surface area contributed by atoms with Crippen molar-refractivity contribution >= 4 is 27.2 Å². The van der Waals surface area contributed by atoms with Crippen molar-refractivity contribution in [1.29, 1.82) is 0 Å². The van der Waals surface area contributed by atoms with E-state index in [0.717, 1.165) is 32.9 Å². The van der Waals surface area contributed by atoms with Gasteiger partial charge in [0.15, 0.2) is 0 Å². The van der Waals surface area contributed by atoms with Crippen molar-refractivity contribution in [2.75, 3.05) is 0 Å². The Bertz CT molecular complexity index is 1080. The summed E-state index contributed by atoms with van der Waals surface area (Å²) in [5.74, 6) is 0. The van der Waals surface area contributed by atoms with Crippen molar-refractivity contribution in [3.05, 3.63) is 77.7 Å². The molecule has 1 heterocycles. The Hall–Kier alpha value is -2.73. The molecule has 2 aromatic carbocycles. The fourth-order valence-corrected chi connectivity index (χ4v) is 3.50. The van der Waals surface area contributed by atoms with Gasteiger partial charge in [0.25, 0.3) is 0 Å². The predicted octanol–water partition coefficient (Wildman–Crippen LogP) is 5.65. The van der Waals surface area contributed by atoms with Crippen LogP contribution in [0.2, 0.25) is 0 Å². The number of nitrogens with zero attached hydrogens (tertiary/aromatic N) is 2. The molecule has 0 bridgehead atoms. The molecule has 124 valence electrons. The SMILES string of the molecule is FC(F)(F)c1ccc(/N=c2/ccc3nc4ccccc4sc-3c2)cc1. The highest BCUT2D eigenvalue weighted by molar-refractivity contribution is 7.21. The minimum Gasteiger partial charge on any atom is -0.249 e. The number of fused-ring (bicyclic) bond motifs is 2. The van der Waals surface area contributed by atoms with Gasteiger partial charge in [-0.2, -0.15) is 13.2 Å². The molecule has 0 saturated heterocycles. The molecule has 2 aromatic rings. The van der Waals surface area contributed by atoms with Gasteiger partial charge in [-0.15, -0.1) is 11.3 Å². The average Bonchev–Trinajstić information content (AvgIpc) is 2.59. The summed E-state index contributed by atoms with van der Waals surface area (Å²) in [5.41, 5.74) is 1.61. The van der Waals surface area contributed by atoms with Crippen molar-refractivity contribution in [1.82, 2.24) is 4.98 Å². The van der Waals surface area contributed by atoms with Crippen LogP contribution in [0.15, 0.2) is 71.7 Å². The maximum Gasteiger partial charge on any atom is 0.416 e. The molecule has 25 heavy (non-hydrogen) atoms. The summed E-state index contributed by atoms with van der Waals surface area (Å²) in [7, 11) is 0. The molecule has 0 amide bonds. The maximum absolute atomic E-state index is 12.6. The third-order valence-electron chi connectivity index (χ3n) is 3.72. The first-order valence-electron chi connectivity index (χ1n) is 7.51. The number of hydrogen-bond acceptors (Lipinski definition) is 3. The van der Waals surface area contributed by atoms with E-state index in [1.807, 2.05) is 42.5 Å². The molecule has 0 saturated carbocycles. The standard InChI is InChI=1S/C19H11F3N2S/c20-19(21,22)12-5-7-13(8-6-12)23-14-9-10-16-18(11-14)25-17-4-2-1-3-15(17)24-16/h1-11H/b23-14-. The Balaban J connectivity index is 1.77. The Morgan fingerprint density at radius 2 is 1.64 bits per heavy atom. The van der Waals surface area contributed by atoms with E-state index in [0.29, 0.717) is 11.0 Å². The third kappa shape index (κ3) is 3.25. The van der Waals surface area contributed by atoms with Crippen LogP contribution in [0.5, 0.6) is 0 Å². The average molecular weight is 356 g/mol. The van der Waals surface area contributed by atoms with Crippen molar-refractivity contribution in [2.45, 2.75) is 6.18 Å². The summed E-state index contributed by atoms with van der Waals surface area (Å²) in [6.45, 7) is 0. The molecular formula is C19H11F3N2S. The van der Waals surface area contributed by atoms with E-state index in [1.54, 1.807) is 11.3 Å². The van der Waals surface area contributed by atoms with Crippen LogP contribution in [0.3, 0.4) is 0 Å². The molecule has 0 N–H and O–H groups in total. The molecule has 0 atom stereocenters. The first-order valence-corrected chi connectivity index (χ1v) is 8.32. The highest BCUT2D eigenvalue weighted by Crippen LogP contribution is 2.31. The summed E-state index contributed by atoms with van der Waals surface area (Å²) < 4.78 is 38.9. The van der Waals surface area contributed by atoms with Crippen molar-refractivity contribution in [3.8, 4) is 10.6 Å². The summed E-state index contributed by atoms with van der Waals surface area (Å²) in [5, 5.41) is 0.681. The summed E-state index contributed by atoms with van der Waals surface area (Å²) in [4.78, 5) is 9.99. The van der Waals surface area contributed by atoms with Gasteiger partial charge in [0.1, 0.15) is 0 Å². The van der Waals surface area contributed by atoms with Crippen LogP contribution in [0.1, 0.15) is 5.56 Å². The van der Waals surface area contributed by atoms with Gasteiger partial charge in [-0.3, -0.25) is 0 Å². The molecule has 2 aliphatic rings. The quantitative estimate of drug-likeness (QED) is 0.405. The smallest absolute Gasteiger partial charge is 0.249 e. The van der Waals surface area contributed by atoms with Crippen molar-refractivity contribution in [2.24, 2.45) is 4.99 Å². The lowest BCUT2D eigenvalue weighted by Crippen LogP contribution is -2.04. The molecule has 0 radical (unpaired) electrons. The summed E-state index contributed by atoms with van der Waals surface area (Å²) in [6.07, 6.45) is -4.34. The number of aromatic nitrogens is 1. The van der Waals surface area contributed by atoms with E-state index < -0.39 is 11.7 Å². The zero-order chi connectivity index (χ0) is 17.4. The van der Waals surface area contributed by atoms with Crippen LogP contribution in [0.25, 0.3) is 20.8 Å². The fraction of sp³-hybridized carbons (Fsp3) is 0.0526. The molecular weight excluding hydrogens is 345 g/mol. The molecule has 4 rings (SSSR count). The Morgan fingerprint density at radius 1 is 0.880 bits per heavy atom. The molecule has 0 spiro atoms. The molecule has 6 heteroatoms. The Labute approximate surface area is 145 Å². The lowest BCUT2D eigenvalue weighted by atomic mass is 10.2. The van der Waals surface area contributed by atoms with Crippen molar-refractivity contribution in [3.63, 3.8) is 0 Å². The predicted molar refractivity (Wildman–Crippen MR) is 92.9 cm³/mol. The highest BCUT2D eigenvalue weighted by Gasteiger charge is 2.29. The lowest BCUT2D eigenvalue weighted by Gasteiger charge is -2.06. The second-order valence-electron chi connectivity index (χ2n) is 5.49. The Kier molecular flexibility index (Phi) is 3.77. The largest absolute Gasteiger partial charge is 0.416 e.